The third kappa shape index (κ3) is 6.40. The molecular formula is C18H36N2O3. The van der Waals surface area contributed by atoms with Gasteiger partial charge in [-0.15, -0.1) is 0 Å². The van der Waals surface area contributed by atoms with Crippen molar-refractivity contribution in [2.75, 3.05) is 39.5 Å². The van der Waals surface area contributed by atoms with Gasteiger partial charge in [-0.2, -0.15) is 0 Å². The van der Waals surface area contributed by atoms with Crippen LogP contribution < -0.4 is 0 Å². The number of carbonyl (C=O) groups is 1. The summed E-state index contributed by atoms with van der Waals surface area (Å²) in [5.74, 6) is 0.172. The fraction of sp³-hybridized carbons (Fsp3) is 0.944. The molecular weight excluding hydrogens is 292 g/mol. The van der Waals surface area contributed by atoms with Crippen molar-refractivity contribution in [1.82, 2.24) is 9.80 Å². The summed E-state index contributed by atoms with van der Waals surface area (Å²) in [5.41, 5.74) is -0.257. The van der Waals surface area contributed by atoms with Crippen LogP contribution in [0.3, 0.4) is 0 Å². The van der Waals surface area contributed by atoms with E-state index in [4.69, 9.17) is 9.84 Å². The minimum atomic E-state index is -0.387. The van der Waals surface area contributed by atoms with Crippen molar-refractivity contribution in [3.05, 3.63) is 0 Å². The number of hydrogen-bond acceptors (Lipinski definition) is 4. The number of ether oxygens (including phenoxy) is 1. The van der Waals surface area contributed by atoms with Crippen molar-refractivity contribution in [1.29, 1.82) is 0 Å². The van der Waals surface area contributed by atoms with Gasteiger partial charge in [-0.25, -0.2) is 0 Å². The van der Waals surface area contributed by atoms with E-state index in [1.807, 2.05) is 25.7 Å². The lowest BCUT2D eigenvalue weighted by Crippen LogP contribution is -2.52. The van der Waals surface area contributed by atoms with Crippen molar-refractivity contribution >= 4 is 5.91 Å². The molecule has 0 aliphatic carbocycles. The van der Waals surface area contributed by atoms with Gasteiger partial charge in [0.1, 0.15) is 0 Å². The third-order valence-electron chi connectivity index (χ3n) is 4.34. The average Bonchev–Trinajstić information content (AvgIpc) is 2.88. The topological polar surface area (TPSA) is 53.0 Å². The zero-order chi connectivity index (χ0) is 17.7. The molecule has 0 aromatic carbocycles. The third-order valence-corrected chi connectivity index (χ3v) is 4.34. The fourth-order valence-corrected chi connectivity index (χ4v) is 3.25. The maximum Gasteiger partial charge on any atom is 0.228 e. The first-order chi connectivity index (χ1) is 10.6. The Morgan fingerprint density at radius 1 is 1.22 bits per heavy atom. The van der Waals surface area contributed by atoms with E-state index in [2.05, 4.69) is 25.7 Å². The highest BCUT2D eigenvalue weighted by Crippen LogP contribution is 2.28. The lowest BCUT2D eigenvalue weighted by Gasteiger charge is -2.40. The maximum absolute atomic E-state index is 12.8. The van der Waals surface area contributed by atoms with E-state index < -0.39 is 0 Å². The van der Waals surface area contributed by atoms with Gasteiger partial charge in [0, 0.05) is 30.1 Å². The molecule has 1 rings (SSSR count). The van der Waals surface area contributed by atoms with Gasteiger partial charge < -0.3 is 14.7 Å². The fourth-order valence-electron chi connectivity index (χ4n) is 3.25. The molecule has 1 amide bonds. The maximum atomic E-state index is 12.8. The monoisotopic (exact) mass is 328 g/mol. The zero-order valence-electron chi connectivity index (χ0n) is 15.9. The van der Waals surface area contributed by atoms with Crippen LogP contribution in [0.4, 0.5) is 0 Å². The van der Waals surface area contributed by atoms with Crippen LogP contribution >= 0.6 is 0 Å². The molecule has 1 atom stereocenters. The molecule has 1 saturated heterocycles. The first-order valence-corrected chi connectivity index (χ1v) is 8.82. The first-order valence-electron chi connectivity index (χ1n) is 8.82. The van der Waals surface area contributed by atoms with Gasteiger partial charge >= 0.3 is 0 Å². The number of aliphatic hydroxyl groups is 1. The highest BCUT2D eigenvalue weighted by atomic mass is 16.5. The molecule has 1 fully saturated rings. The Labute approximate surface area is 142 Å². The number of nitrogens with zero attached hydrogens (tertiary/aromatic N) is 2. The van der Waals surface area contributed by atoms with Crippen molar-refractivity contribution in [2.24, 2.45) is 5.41 Å². The molecule has 5 nitrogen and oxygen atoms in total. The predicted molar refractivity (Wildman–Crippen MR) is 93.4 cm³/mol. The molecule has 0 radical (unpaired) electrons. The summed E-state index contributed by atoms with van der Waals surface area (Å²) < 4.78 is 5.38. The first kappa shape index (κ1) is 20.4. The Morgan fingerprint density at radius 3 is 2.39 bits per heavy atom. The van der Waals surface area contributed by atoms with Gasteiger partial charge in [0.15, 0.2) is 0 Å². The van der Waals surface area contributed by atoms with Gasteiger partial charge in [-0.3, -0.25) is 9.69 Å². The van der Waals surface area contributed by atoms with E-state index in [-0.39, 0.29) is 23.5 Å². The summed E-state index contributed by atoms with van der Waals surface area (Å²) >= 11 is 0. The number of rotatable bonds is 7. The summed E-state index contributed by atoms with van der Waals surface area (Å²) in [6.07, 6.45) is 2.34. The van der Waals surface area contributed by atoms with Crippen LogP contribution in [0.1, 0.15) is 54.4 Å². The van der Waals surface area contributed by atoms with Gasteiger partial charge in [0.05, 0.1) is 19.8 Å². The molecule has 0 aromatic heterocycles. The summed E-state index contributed by atoms with van der Waals surface area (Å²) in [4.78, 5) is 17.2. The van der Waals surface area contributed by atoms with Crippen LogP contribution in [0, 0.1) is 5.41 Å². The molecule has 1 heterocycles. The van der Waals surface area contributed by atoms with Crippen LogP contribution in [-0.4, -0.2) is 71.8 Å². The lowest BCUT2D eigenvalue weighted by molar-refractivity contribution is -0.141. The Bertz CT molecular complexity index is 371. The largest absolute Gasteiger partial charge is 0.394 e. The molecule has 0 saturated carbocycles. The number of hydrogen-bond donors (Lipinski definition) is 1. The second-order valence-corrected chi connectivity index (χ2v) is 8.50. The van der Waals surface area contributed by atoms with Crippen LogP contribution in [-0.2, 0) is 9.53 Å². The van der Waals surface area contributed by atoms with Crippen LogP contribution in [0.15, 0.2) is 0 Å². The van der Waals surface area contributed by atoms with E-state index in [9.17, 15) is 4.79 Å². The SMILES string of the molecule is CC(C)(C)C(=O)N(CCOCCO)CC1CCCN1C(C)(C)C. The van der Waals surface area contributed by atoms with Crippen molar-refractivity contribution in [3.63, 3.8) is 0 Å². The number of amides is 1. The standard InChI is InChI=1S/C18H36N2O3/c1-17(2,3)16(22)19(10-12-23-13-11-21)14-15-8-7-9-20(15)18(4,5)6/h15,21H,7-14H2,1-6H3. The molecule has 1 aliphatic heterocycles. The Morgan fingerprint density at radius 2 is 1.87 bits per heavy atom. The molecule has 0 bridgehead atoms. The highest BCUT2D eigenvalue weighted by Gasteiger charge is 2.36. The second kappa shape index (κ2) is 8.45. The molecule has 5 heteroatoms. The minimum absolute atomic E-state index is 0.0215. The molecule has 1 aliphatic rings. The quantitative estimate of drug-likeness (QED) is 0.728. The molecule has 136 valence electrons. The van der Waals surface area contributed by atoms with Crippen LogP contribution in [0.5, 0.6) is 0 Å². The van der Waals surface area contributed by atoms with Crippen LogP contribution in [0.25, 0.3) is 0 Å². The number of carbonyl (C=O) groups excluding carboxylic acids is 1. The molecule has 1 unspecified atom stereocenters. The lowest BCUT2D eigenvalue weighted by atomic mass is 9.94. The Balaban J connectivity index is 2.73. The summed E-state index contributed by atoms with van der Waals surface area (Å²) in [6, 6.07) is 0.416. The minimum Gasteiger partial charge on any atom is -0.394 e. The Kier molecular flexibility index (Phi) is 7.49. The molecule has 0 spiro atoms. The Hall–Kier alpha value is -0.650. The van der Waals surface area contributed by atoms with Crippen molar-refractivity contribution in [2.45, 2.75) is 66.0 Å². The highest BCUT2D eigenvalue weighted by molar-refractivity contribution is 5.81. The van der Waals surface area contributed by atoms with E-state index in [0.29, 0.717) is 25.8 Å². The predicted octanol–water partition coefficient (Wildman–Crippen LogP) is 2.13. The van der Waals surface area contributed by atoms with Crippen LogP contribution in [0.2, 0.25) is 0 Å². The zero-order valence-corrected chi connectivity index (χ0v) is 15.9. The van der Waals surface area contributed by atoms with Gasteiger partial charge in [0.25, 0.3) is 0 Å². The summed E-state index contributed by atoms with van der Waals surface area (Å²) in [5, 5.41) is 8.81. The van der Waals surface area contributed by atoms with E-state index in [1.165, 1.54) is 6.42 Å². The average molecular weight is 328 g/mol. The van der Waals surface area contributed by atoms with Gasteiger partial charge in [0.2, 0.25) is 5.91 Å². The summed E-state index contributed by atoms with van der Waals surface area (Å²) in [7, 11) is 0. The number of likely N-dealkylation sites (tertiary alicyclic amines) is 1. The van der Waals surface area contributed by atoms with E-state index in [0.717, 1.165) is 19.5 Å². The van der Waals surface area contributed by atoms with Crippen molar-refractivity contribution < 1.29 is 14.6 Å². The van der Waals surface area contributed by atoms with Crippen molar-refractivity contribution in [3.8, 4) is 0 Å². The summed E-state index contributed by atoms with van der Waals surface area (Å²) in [6.45, 7) is 15.9. The van der Waals surface area contributed by atoms with Gasteiger partial charge in [-0.05, 0) is 40.2 Å². The van der Waals surface area contributed by atoms with E-state index in [1.54, 1.807) is 0 Å². The normalized spacial score (nSPS) is 20.0. The number of aliphatic hydroxyl groups excluding tert-OH is 1. The smallest absolute Gasteiger partial charge is 0.228 e. The molecule has 1 N–H and O–H groups in total. The second-order valence-electron chi connectivity index (χ2n) is 8.50. The molecule has 0 aromatic rings. The molecule has 23 heavy (non-hydrogen) atoms. The van der Waals surface area contributed by atoms with E-state index >= 15 is 0 Å². The van der Waals surface area contributed by atoms with Gasteiger partial charge in [-0.1, -0.05) is 20.8 Å².